The van der Waals surface area contributed by atoms with E-state index in [0.29, 0.717) is 29.2 Å². The van der Waals surface area contributed by atoms with E-state index in [1.54, 1.807) is 30.7 Å². The van der Waals surface area contributed by atoms with Crippen molar-refractivity contribution in [2.45, 2.75) is 23.9 Å². The molecule has 1 amide bonds. The minimum atomic E-state index is -0.444. The number of thioether (sulfide) groups is 1. The second-order valence-electron chi connectivity index (χ2n) is 7.05. The summed E-state index contributed by atoms with van der Waals surface area (Å²) in [5.74, 6) is -0.154. The van der Waals surface area contributed by atoms with Gasteiger partial charge in [-0.15, -0.1) is 0 Å². The SMILES string of the molecule is COCCn1c(S[C@@H](C)C(=O)Nc2ccc(N(C)C)cc2)nc2ccccc2c1=O. The van der Waals surface area contributed by atoms with Crippen LogP contribution in [-0.4, -0.2) is 48.5 Å². The van der Waals surface area contributed by atoms with E-state index in [9.17, 15) is 9.59 Å². The Hall–Kier alpha value is -2.84. The van der Waals surface area contributed by atoms with Crippen LogP contribution in [0.15, 0.2) is 58.5 Å². The first-order valence-electron chi connectivity index (χ1n) is 9.64. The molecule has 0 saturated carbocycles. The zero-order valence-electron chi connectivity index (χ0n) is 17.6. The van der Waals surface area contributed by atoms with Crippen molar-refractivity contribution in [1.29, 1.82) is 0 Å². The minimum Gasteiger partial charge on any atom is -0.383 e. The van der Waals surface area contributed by atoms with Crippen molar-refractivity contribution in [3.05, 3.63) is 58.9 Å². The highest BCUT2D eigenvalue weighted by molar-refractivity contribution is 8.00. The number of fused-ring (bicyclic) bond motifs is 1. The van der Waals surface area contributed by atoms with Gasteiger partial charge in [0, 0.05) is 32.6 Å². The third kappa shape index (κ3) is 5.01. The molecule has 0 aliphatic carbocycles. The zero-order valence-corrected chi connectivity index (χ0v) is 18.4. The van der Waals surface area contributed by atoms with Gasteiger partial charge in [-0.05, 0) is 43.3 Å². The van der Waals surface area contributed by atoms with Crippen molar-refractivity contribution in [1.82, 2.24) is 9.55 Å². The van der Waals surface area contributed by atoms with Gasteiger partial charge in [0.05, 0.1) is 29.3 Å². The second kappa shape index (κ2) is 9.77. The van der Waals surface area contributed by atoms with E-state index in [0.717, 1.165) is 11.4 Å². The molecular formula is C22H26N4O3S. The van der Waals surface area contributed by atoms with Crippen molar-refractivity contribution in [3.8, 4) is 0 Å². The number of carbonyl (C=O) groups excluding carboxylic acids is 1. The molecule has 30 heavy (non-hydrogen) atoms. The molecule has 0 aliphatic rings. The topological polar surface area (TPSA) is 76.5 Å². The van der Waals surface area contributed by atoms with Crippen LogP contribution in [-0.2, 0) is 16.1 Å². The molecule has 8 heteroatoms. The molecule has 0 fully saturated rings. The molecule has 3 rings (SSSR count). The zero-order chi connectivity index (χ0) is 21.7. The predicted octanol–water partition coefficient (Wildman–Crippen LogP) is 3.23. The predicted molar refractivity (Wildman–Crippen MR) is 123 cm³/mol. The third-order valence-corrected chi connectivity index (χ3v) is 5.74. The van der Waals surface area contributed by atoms with Crippen LogP contribution >= 0.6 is 11.8 Å². The average molecular weight is 427 g/mol. The number of methoxy groups -OCH3 is 1. The summed E-state index contributed by atoms with van der Waals surface area (Å²) in [5.41, 5.74) is 2.26. The second-order valence-corrected chi connectivity index (χ2v) is 8.36. The van der Waals surface area contributed by atoms with E-state index in [1.165, 1.54) is 11.8 Å². The Bertz CT molecular complexity index is 1080. The van der Waals surface area contributed by atoms with Gasteiger partial charge >= 0.3 is 0 Å². The molecule has 0 aliphatic heterocycles. The maximum absolute atomic E-state index is 12.9. The number of anilines is 2. The number of ether oxygens (including phenoxy) is 1. The van der Waals surface area contributed by atoms with Gasteiger partial charge in [0.15, 0.2) is 5.16 Å². The maximum atomic E-state index is 12.9. The highest BCUT2D eigenvalue weighted by atomic mass is 32.2. The van der Waals surface area contributed by atoms with Crippen molar-refractivity contribution in [2.24, 2.45) is 0 Å². The number of rotatable bonds is 8. The van der Waals surface area contributed by atoms with E-state index < -0.39 is 5.25 Å². The van der Waals surface area contributed by atoms with Crippen LogP contribution < -0.4 is 15.8 Å². The van der Waals surface area contributed by atoms with Crippen molar-refractivity contribution < 1.29 is 9.53 Å². The summed E-state index contributed by atoms with van der Waals surface area (Å²) < 4.78 is 6.72. The third-order valence-electron chi connectivity index (χ3n) is 4.65. The molecule has 0 unspecified atom stereocenters. The Morgan fingerprint density at radius 2 is 1.90 bits per heavy atom. The molecule has 2 aromatic carbocycles. The van der Waals surface area contributed by atoms with Crippen LogP contribution in [0, 0.1) is 0 Å². The fraction of sp³-hybridized carbons (Fsp3) is 0.318. The summed E-state index contributed by atoms with van der Waals surface area (Å²) in [5, 5.41) is 3.53. The summed E-state index contributed by atoms with van der Waals surface area (Å²) in [6, 6.07) is 14.9. The number of carbonyl (C=O) groups is 1. The molecule has 0 saturated heterocycles. The summed E-state index contributed by atoms with van der Waals surface area (Å²) in [4.78, 5) is 32.3. The van der Waals surface area contributed by atoms with Crippen molar-refractivity contribution >= 4 is 39.9 Å². The Kier molecular flexibility index (Phi) is 7.12. The van der Waals surface area contributed by atoms with Crippen LogP contribution in [0.4, 0.5) is 11.4 Å². The number of benzene rings is 2. The van der Waals surface area contributed by atoms with Crippen molar-refractivity contribution in [2.75, 3.05) is 38.0 Å². The van der Waals surface area contributed by atoms with Gasteiger partial charge in [0.1, 0.15) is 0 Å². The maximum Gasteiger partial charge on any atom is 0.262 e. The lowest BCUT2D eigenvalue weighted by Gasteiger charge is -2.17. The average Bonchev–Trinajstić information content (AvgIpc) is 2.74. The normalized spacial score (nSPS) is 12.0. The van der Waals surface area contributed by atoms with Crippen LogP contribution in [0.1, 0.15) is 6.92 Å². The smallest absolute Gasteiger partial charge is 0.262 e. The Balaban J connectivity index is 1.81. The lowest BCUT2D eigenvalue weighted by molar-refractivity contribution is -0.115. The quantitative estimate of drug-likeness (QED) is 0.440. The Labute approximate surface area is 180 Å². The van der Waals surface area contributed by atoms with E-state index in [2.05, 4.69) is 10.3 Å². The van der Waals surface area contributed by atoms with Crippen molar-refractivity contribution in [3.63, 3.8) is 0 Å². The lowest BCUT2D eigenvalue weighted by Crippen LogP contribution is -2.28. The molecule has 158 valence electrons. The molecule has 7 nitrogen and oxygen atoms in total. The largest absolute Gasteiger partial charge is 0.383 e. The first kappa shape index (κ1) is 21.9. The van der Waals surface area contributed by atoms with E-state index in [-0.39, 0.29) is 11.5 Å². The van der Waals surface area contributed by atoms with Gasteiger partial charge in [-0.1, -0.05) is 23.9 Å². The Morgan fingerprint density at radius 1 is 1.20 bits per heavy atom. The van der Waals surface area contributed by atoms with Gasteiger partial charge in [-0.3, -0.25) is 14.2 Å². The van der Waals surface area contributed by atoms with Gasteiger partial charge in [0.2, 0.25) is 5.91 Å². The van der Waals surface area contributed by atoms with Crippen LogP contribution in [0.25, 0.3) is 10.9 Å². The molecule has 0 radical (unpaired) electrons. The molecule has 0 spiro atoms. The van der Waals surface area contributed by atoms with Crippen LogP contribution in [0.2, 0.25) is 0 Å². The number of nitrogens with one attached hydrogen (secondary N) is 1. The number of amides is 1. The number of nitrogens with zero attached hydrogens (tertiary/aromatic N) is 3. The monoisotopic (exact) mass is 426 g/mol. The molecule has 1 atom stereocenters. The minimum absolute atomic E-state index is 0.132. The number of hydrogen-bond donors (Lipinski definition) is 1. The first-order valence-corrected chi connectivity index (χ1v) is 10.5. The van der Waals surface area contributed by atoms with E-state index in [1.807, 2.05) is 55.4 Å². The Morgan fingerprint density at radius 3 is 2.57 bits per heavy atom. The lowest BCUT2D eigenvalue weighted by atomic mass is 10.2. The molecule has 0 bridgehead atoms. The van der Waals surface area contributed by atoms with Gasteiger partial charge in [0.25, 0.3) is 5.56 Å². The molecule has 1 N–H and O–H groups in total. The number of hydrogen-bond acceptors (Lipinski definition) is 6. The van der Waals surface area contributed by atoms with Crippen LogP contribution in [0.3, 0.4) is 0 Å². The van der Waals surface area contributed by atoms with Gasteiger partial charge in [-0.2, -0.15) is 0 Å². The van der Waals surface area contributed by atoms with E-state index >= 15 is 0 Å². The number of aromatic nitrogens is 2. The number of para-hydroxylation sites is 1. The molecular weight excluding hydrogens is 400 g/mol. The highest BCUT2D eigenvalue weighted by Crippen LogP contribution is 2.24. The molecule has 1 aromatic heterocycles. The summed E-state index contributed by atoms with van der Waals surface area (Å²) in [6.07, 6.45) is 0. The molecule has 1 heterocycles. The van der Waals surface area contributed by atoms with E-state index in [4.69, 9.17) is 4.74 Å². The van der Waals surface area contributed by atoms with Crippen LogP contribution in [0.5, 0.6) is 0 Å². The standard InChI is InChI=1S/C22H26N4O3S/c1-15(20(27)23-16-9-11-17(12-10-16)25(2)3)30-22-24-19-8-6-5-7-18(19)21(28)26(22)13-14-29-4/h5-12,15H,13-14H2,1-4H3,(H,23,27)/t15-/m0/s1. The van der Waals surface area contributed by atoms with Gasteiger partial charge in [-0.25, -0.2) is 4.98 Å². The van der Waals surface area contributed by atoms with Gasteiger partial charge < -0.3 is 15.0 Å². The first-order chi connectivity index (χ1) is 14.4. The molecule has 3 aromatic rings. The summed E-state index contributed by atoms with van der Waals surface area (Å²) in [6.45, 7) is 2.55. The summed E-state index contributed by atoms with van der Waals surface area (Å²) >= 11 is 1.26. The highest BCUT2D eigenvalue weighted by Gasteiger charge is 2.19. The summed E-state index contributed by atoms with van der Waals surface area (Å²) in [7, 11) is 5.52. The fourth-order valence-electron chi connectivity index (χ4n) is 2.92. The fourth-order valence-corrected chi connectivity index (χ4v) is 3.85.